The molecule has 1 aliphatic rings. The number of hydrogen-bond donors (Lipinski definition) is 3. The Kier molecular flexibility index (Phi) is 9.15. The van der Waals surface area contributed by atoms with Gasteiger partial charge in [-0.15, -0.1) is 0 Å². The fourth-order valence-electron chi connectivity index (χ4n) is 3.43. The Morgan fingerprint density at radius 2 is 1.93 bits per heavy atom. The number of unbranched alkanes of at least 4 members (excludes halogenated alkanes) is 2. The molecule has 0 atom stereocenters. The number of piperazine rings is 1. The molecule has 0 radical (unpaired) electrons. The van der Waals surface area contributed by atoms with Crippen LogP contribution in [-0.4, -0.2) is 55.9 Å². The van der Waals surface area contributed by atoms with Crippen LogP contribution in [0, 0.1) is 5.41 Å². The SMILES string of the molecule is CCCCCC(C)(C)CNC(=NC)NCc1ccc(C(=O)N2CCNC(=O)C2)cc1. The summed E-state index contributed by atoms with van der Waals surface area (Å²) in [6, 6.07) is 7.51. The smallest absolute Gasteiger partial charge is 0.254 e. The molecule has 7 heteroatoms. The highest BCUT2D eigenvalue weighted by Gasteiger charge is 2.22. The Bertz CT molecular complexity index is 728. The van der Waals surface area contributed by atoms with Gasteiger partial charge in [-0.3, -0.25) is 14.6 Å². The fourth-order valence-corrected chi connectivity index (χ4v) is 3.43. The number of amides is 2. The third-order valence-electron chi connectivity index (χ3n) is 5.40. The van der Waals surface area contributed by atoms with Gasteiger partial charge in [-0.25, -0.2) is 0 Å². The fraction of sp³-hybridized carbons (Fsp3) is 0.609. The first-order valence-corrected chi connectivity index (χ1v) is 10.9. The monoisotopic (exact) mass is 415 g/mol. The van der Waals surface area contributed by atoms with Crippen LogP contribution in [0.25, 0.3) is 0 Å². The lowest BCUT2D eigenvalue weighted by Crippen LogP contribution is -2.49. The summed E-state index contributed by atoms with van der Waals surface area (Å²) < 4.78 is 0. The predicted molar refractivity (Wildman–Crippen MR) is 121 cm³/mol. The van der Waals surface area contributed by atoms with E-state index in [1.54, 1.807) is 11.9 Å². The molecule has 1 aliphatic heterocycles. The van der Waals surface area contributed by atoms with Crippen molar-refractivity contribution in [3.63, 3.8) is 0 Å². The van der Waals surface area contributed by atoms with Crippen molar-refractivity contribution in [1.29, 1.82) is 0 Å². The van der Waals surface area contributed by atoms with Gasteiger partial charge in [-0.2, -0.15) is 0 Å². The van der Waals surface area contributed by atoms with Gasteiger partial charge in [0.15, 0.2) is 5.96 Å². The van der Waals surface area contributed by atoms with Gasteiger partial charge in [-0.1, -0.05) is 52.2 Å². The Balaban J connectivity index is 1.81. The molecule has 3 N–H and O–H groups in total. The van der Waals surface area contributed by atoms with Gasteiger partial charge < -0.3 is 20.9 Å². The van der Waals surface area contributed by atoms with E-state index in [9.17, 15) is 9.59 Å². The van der Waals surface area contributed by atoms with E-state index in [0.717, 1.165) is 18.1 Å². The zero-order valence-corrected chi connectivity index (χ0v) is 18.9. The number of nitrogens with one attached hydrogen (secondary N) is 3. The minimum Gasteiger partial charge on any atom is -0.356 e. The average Bonchev–Trinajstić information content (AvgIpc) is 2.74. The number of carbonyl (C=O) groups excluding carboxylic acids is 2. The van der Waals surface area contributed by atoms with E-state index >= 15 is 0 Å². The molecule has 0 saturated carbocycles. The molecule has 166 valence electrons. The molecule has 0 spiro atoms. The lowest BCUT2D eigenvalue weighted by Gasteiger charge is -2.26. The second kappa shape index (κ2) is 11.6. The van der Waals surface area contributed by atoms with Gasteiger partial charge in [0.2, 0.25) is 5.91 Å². The highest BCUT2D eigenvalue weighted by atomic mass is 16.2. The summed E-state index contributed by atoms with van der Waals surface area (Å²) in [6.07, 6.45) is 4.97. The molecule has 1 aromatic carbocycles. The molecule has 2 amide bonds. The van der Waals surface area contributed by atoms with E-state index in [4.69, 9.17) is 0 Å². The lowest BCUT2D eigenvalue weighted by atomic mass is 9.87. The molecule has 7 nitrogen and oxygen atoms in total. The summed E-state index contributed by atoms with van der Waals surface area (Å²) >= 11 is 0. The van der Waals surface area contributed by atoms with Gasteiger partial charge in [0.05, 0.1) is 6.54 Å². The number of hydrogen-bond acceptors (Lipinski definition) is 3. The Morgan fingerprint density at radius 3 is 2.57 bits per heavy atom. The van der Waals surface area contributed by atoms with Gasteiger partial charge >= 0.3 is 0 Å². The molecule has 0 aliphatic carbocycles. The van der Waals surface area contributed by atoms with Crippen molar-refractivity contribution < 1.29 is 9.59 Å². The van der Waals surface area contributed by atoms with Crippen molar-refractivity contribution in [1.82, 2.24) is 20.9 Å². The maximum atomic E-state index is 12.5. The quantitative estimate of drug-likeness (QED) is 0.329. The third kappa shape index (κ3) is 7.69. The number of guanidine groups is 1. The first-order valence-electron chi connectivity index (χ1n) is 10.9. The lowest BCUT2D eigenvalue weighted by molar-refractivity contribution is -0.123. The van der Waals surface area contributed by atoms with Crippen molar-refractivity contribution >= 4 is 17.8 Å². The van der Waals surface area contributed by atoms with Crippen LogP contribution < -0.4 is 16.0 Å². The molecule has 1 heterocycles. The summed E-state index contributed by atoms with van der Waals surface area (Å²) in [6.45, 7) is 9.46. The molecule has 1 fully saturated rings. The number of carbonyl (C=O) groups is 2. The zero-order chi connectivity index (χ0) is 22.0. The third-order valence-corrected chi connectivity index (χ3v) is 5.40. The first-order chi connectivity index (χ1) is 14.3. The Morgan fingerprint density at radius 1 is 1.20 bits per heavy atom. The Hall–Kier alpha value is -2.57. The van der Waals surface area contributed by atoms with Gasteiger partial charge in [-0.05, 0) is 29.5 Å². The van der Waals surface area contributed by atoms with Crippen LogP contribution in [0.4, 0.5) is 0 Å². The van der Waals surface area contributed by atoms with Crippen LogP contribution in [0.15, 0.2) is 29.3 Å². The number of benzene rings is 1. The highest BCUT2D eigenvalue weighted by molar-refractivity contribution is 5.97. The summed E-state index contributed by atoms with van der Waals surface area (Å²) in [7, 11) is 1.77. The average molecular weight is 416 g/mol. The van der Waals surface area contributed by atoms with E-state index in [1.807, 2.05) is 24.3 Å². The molecule has 1 aromatic rings. The maximum Gasteiger partial charge on any atom is 0.254 e. The molecule has 1 saturated heterocycles. The van der Waals surface area contributed by atoms with E-state index in [2.05, 4.69) is 41.7 Å². The molecule has 30 heavy (non-hydrogen) atoms. The summed E-state index contributed by atoms with van der Waals surface area (Å²) in [4.78, 5) is 29.9. The van der Waals surface area contributed by atoms with Crippen molar-refractivity contribution in [2.45, 2.75) is 53.0 Å². The van der Waals surface area contributed by atoms with Gasteiger partial charge in [0.1, 0.15) is 0 Å². The maximum absolute atomic E-state index is 12.5. The van der Waals surface area contributed by atoms with Gasteiger partial charge in [0, 0.05) is 38.8 Å². The molecule has 0 unspecified atom stereocenters. The number of aliphatic imine (C=N–C) groups is 1. The normalized spacial score (nSPS) is 15.0. The van der Waals surface area contributed by atoms with Crippen LogP contribution in [-0.2, 0) is 11.3 Å². The van der Waals surface area contributed by atoms with Crippen molar-refractivity contribution in [2.24, 2.45) is 10.4 Å². The van der Waals surface area contributed by atoms with Crippen LogP contribution in [0.3, 0.4) is 0 Å². The van der Waals surface area contributed by atoms with Crippen molar-refractivity contribution in [3.05, 3.63) is 35.4 Å². The zero-order valence-electron chi connectivity index (χ0n) is 18.9. The second-order valence-electron chi connectivity index (χ2n) is 8.67. The Labute approximate surface area is 180 Å². The van der Waals surface area contributed by atoms with E-state index in [0.29, 0.717) is 25.2 Å². The number of nitrogens with zero attached hydrogens (tertiary/aromatic N) is 2. The molecule has 0 aromatic heterocycles. The van der Waals surface area contributed by atoms with E-state index in [1.165, 1.54) is 25.7 Å². The predicted octanol–water partition coefficient (Wildman–Crippen LogP) is 2.53. The minimum atomic E-state index is -0.108. The largest absolute Gasteiger partial charge is 0.356 e. The molecular weight excluding hydrogens is 378 g/mol. The first kappa shape index (κ1) is 23.7. The van der Waals surface area contributed by atoms with E-state index in [-0.39, 0.29) is 23.8 Å². The van der Waals surface area contributed by atoms with Crippen LogP contribution in [0.5, 0.6) is 0 Å². The molecule has 2 rings (SSSR count). The van der Waals surface area contributed by atoms with Crippen molar-refractivity contribution in [2.75, 3.05) is 33.2 Å². The summed E-state index contributed by atoms with van der Waals surface area (Å²) in [5, 5.41) is 9.49. The topological polar surface area (TPSA) is 85.8 Å². The minimum absolute atomic E-state index is 0.105. The van der Waals surface area contributed by atoms with E-state index < -0.39 is 0 Å². The van der Waals surface area contributed by atoms with Crippen LogP contribution in [0.2, 0.25) is 0 Å². The second-order valence-corrected chi connectivity index (χ2v) is 8.67. The number of rotatable bonds is 9. The molecule has 0 bridgehead atoms. The summed E-state index contributed by atoms with van der Waals surface area (Å²) in [5.74, 6) is 0.563. The van der Waals surface area contributed by atoms with Gasteiger partial charge in [0.25, 0.3) is 5.91 Å². The highest BCUT2D eigenvalue weighted by Crippen LogP contribution is 2.22. The standard InChI is InChI=1S/C23H37N5O2/c1-5-6-7-12-23(2,3)17-27-22(24-4)26-15-18-8-10-19(11-9-18)21(30)28-14-13-25-20(29)16-28/h8-11H,5-7,12-17H2,1-4H3,(H,25,29)(H2,24,26,27). The molecular formula is C23H37N5O2. The summed E-state index contributed by atoms with van der Waals surface area (Å²) in [5.41, 5.74) is 1.89. The van der Waals surface area contributed by atoms with Crippen LogP contribution >= 0.6 is 0 Å². The van der Waals surface area contributed by atoms with Crippen molar-refractivity contribution in [3.8, 4) is 0 Å². The van der Waals surface area contributed by atoms with Crippen LogP contribution in [0.1, 0.15) is 62.4 Å².